The van der Waals surface area contributed by atoms with E-state index in [2.05, 4.69) is 0 Å². The number of hydrogen-bond donors (Lipinski definition) is 1. The molecule has 3 rings (SSSR count). The highest BCUT2D eigenvalue weighted by molar-refractivity contribution is 6.30. The predicted octanol–water partition coefficient (Wildman–Crippen LogP) is 2.32. The van der Waals surface area contributed by atoms with Crippen LogP contribution in [0.3, 0.4) is 0 Å². The molecule has 1 fully saturated rings. The summed E-state index contributed by atoms with van der Waals surface area (Å²) in [5.41, 5.74) is 8.48. The van der Waals surface area contributed by atoms with Crippen LogP contribution >= 0.6 is 11.6 Å². The lowest BCUT2D eigenvalue weighted by Gasteiger charge is -2.28. The quantitative estimate of drug-likeness (QED) is 0.894. The number of halogens is 1. The smallest absolute Gasteiger partial charge is 0.125 e. The zero-order valence-electron chi connectivity index (χ0n) is 10.5. The molecule has 1 aromatic rings. The highest BCUT2D eigenvalue weighted by Crippen LogP contribution is 2.37. The van der Waals surface area contributed by atoms with Crippen LogP contribution < -0.4 is 10.5 Å². The third-order valence-corrected chi connectivity index (χ3v) is 4.31. The standard InChI is InChI=1S/C14H18ClNO2/c1-9-14(16,3-5-17-9)8-11-7-12(15)6-10-2-4-18-13(10)11/h6-7,9H,2-5,8,16H2,1H3. The first-order valence-corrected chi connectivity index (χ1v) is 6.81. The van der Waals surface area contributed by atoms with Gasteiger partial charge >= 0.3 is 0 Å². The van der Waals surface area contributed by atoms with E-state index in [0.29, 0.717) is 0 Å². The van der Waals surface area contributed by atoms with Crippen molar-refractivity contribution in [2.75, 3.05) is 13.2 Å². The minimum absolute atomic E-state index is 0.0773. The molecule has 0 amide bonds. The van der Waals surface area contributed by atoms with Gasteiger partial charge in [0.25, 0.3) is 0 Å². The van der Waals surface area contributed by atoms with Crippen LogP contribution in [0.15, 0.2) is 12.1 Å². The van der Waals surface area contributed by atoms with E-state index in [0.717, 1.165) is 48.8 Å². The van der Waals surface area contributed by atoms with E-state index >= 15 is 0 Å². The summed E-state index contributed by atoms with van der Waals surface area (Å²) in [6.45, 7) is 3.52. The van der Waals surface area contributed by atoms with Crippen molar-refractivity contribution in [1.82, 2.24) is 0 Å². The van der Waals surface area contributed by atoms with Gasteiger partial charge in [0.05, 0.1) is 12.7 Å². The fraction of sp³-hybridized carbons (Fsp3) is 0.571. The van der Waals surface area contributed by atoms with Gasteiger partial charge in [-0.15, -0.1) is 0 Å². The minimum Gasteiger partial charge on any atom is -0.493 e. The number of ether oxygens (including phenoxy) is 2. The first kappa shape index (κ1) is 12.3. The Morgan fingerprint density at radius 3 is 3.00 bits per heavy atom. The van der Waals surface area contributed by atoms with Crippen LogP contribution in [-0.4, -0.2) is 24.9 Å². The summed E-state index contributed by atoms with van der Waals surface area (Å²) in [7, 11) is 0. The first-order valence-electron chi connectivity index (χ1n) is 6.43. The summed E-state index contributed by atoms with van der Waals surface area (Å²) in [6, 6.07) is 3.97. The molecule has 98 valence electrons. The minimum atomic E-state index is -0.301. The fourth-order valence-corrected chi connectivity index (χ4v) is 3.12. The zero-order valence-corrected chi connectivity index (χ0v) is 11.3. The number of nitrogens with two attached hydrogens (primary N) is 1. The maximum atomic E-state index is 6.46. The normalized spacial score (nSPS) is 30.3. The molecule has 0 saturated carbocycles. The summed E-state index contributed by atoms with van der Waals surface area (Å²) < 4.78 is 11.3. The highest BCUT2D eigenvalue weighted by Gasteiger charge is 2.39. The molecule has 0 radical (unpaired) electrons. The first-order chi connectivity index (χ1) is 8.58. The maximum absolute atomic E-state index is 6.46. The van der Waals surface area contributed by atoms with Crippen LogP contribution in [-0.2, 0) is 17.6 Å². The van der Waals surface area contributed by atoms with Gasteiger partial charge in [-0.25, -0.2) is 0 Å². The van der Waals surface area contributed by atoms with Crippen molar-refractivity contribution in [1.29, 1.82) is 0 Å². The SMILES string of the molecule is CC1OCCC1(N)Cc1cc(Cl)cc2c1OCC2. The molecule has 1 aromatic carbocycles. The van der Waals surface area contributed by atoms with Gasteiger partial charge in [0.1, 0.15) is 5.75 Å². The fourth-order valence-electron chi connectivity index (χ4n) is 2.86. The van der Waals surface area contributed by atoms with Gasteiger partial charge in [-0.3, -0.25) is 0 Å². The molecule has 2 aliphatic rings. The Morgan fingerprint density at radius 2 is 2.28 bits per heavy atom. The van der Waals surface area contributed by atoms with E-state index < -0.39 is 0 Å². The second kappa shape index (κ2) is 4.41. The molecule has 3 nitrogen and oxygen atoms in total. The summed E-state index contributed by atoms with van der Waals surface area (Å²) in [6.07, 6.45) is 2.66. The summed E-state index contributed by atoms with van der Waals surface area (Å²) in [4.78, 5) is 0. The molecule has 0 spiro atoms. The molecule has 2 unspecified atom stereocenters. The van der Waals surface area contributed by atoms with Crippen LogP contribution in [0.1, 0.15) is 24.5 Å². The van der Waals surface area contributed by atoms with Gasteiger partial charge in [0.15, 0.2) is 0 Å². The van der Waals surface area contributed by atoms with Gasteiger partial charge in [-0.2, -0.15) is 0 Å². The Morgan fingerprint density at radius 1 is 1.44 bits per heavy atom. The third kappa shape index (κ3) is 2.00. The van der Waals surface area contributed by atoms with E-state index in [4.69, 9.17) is 26.8 Å². The lowest BCUT2D eigenvalue weighted by Crippen LogP contribution is -2.48. The monoisotopic (exact) mass is 267 g/mol. The Kier molecular flexibility index (Phi) is 3.00. The van der Waals surface area contributed by atoms with Crippen LogP contribution in [0.2, 0.25) is 5.02 Å². The van der Waals surface area contributed by atoms with Crippen molar-refractivity contribution in [2.24, 2.45) is 5.73 Å². The lowest BCUT2D eigenvalue weighted by molar-refractivity contribution is 0.0953. The summed E-state index contributed by atoms with van der Waals surface area (Å²) >= 11 is 6.17. The van der Waals surface area contributed by atoms with E-state index in [9.17, 15) is 0 Å². The maximum Gasteiger partial charge on any atom is 0.125 e. The number of rotatable bonds is 2. The lowest BCUT2D eigenvalue weighted by atomic mass is 9.85. The van der Waals surface area contributed by atoms with Crippen LogP contribution in [0.4, 0.5) is 0 Å². The summed E-state index contributed by atoms with van der Waals surface area (Å²) in [5.74, 6) is 0.989. The molecule has 2 atom stereocenters. The van der Waals surface area contributed by atoms with Gasteiger partial charge in [0, 0.05) is 23.6 Å². The molecule has 2 N–H and O–H groups in total. The molecule has 0 aliphatic carbocycles. The molecular weight excluding hydrogens is 250 g/mol. The molecule has 4 heteroatoms. The Balaban J connectivity index is 1.93. The van der Waals surface area contributed by atoms with Crippen LogP contribution in [0, 0.1) is 0 Å². The van der Waals surface area contributed by atoms with E-state index in [1.54, 1.807) is 0 Å². The van der Waals surface area contributed by atoms with E-state index in [1.165, 1.54) is 5.56 Å². The van der Waals surface area contributed by atoms with Crippen molar-refractivity contribution >= 4 is 11.6 Å². The van der Waals surface area contributed by atoms with Crippen molar-refractivity contribution in [3.63, 3.8) is 0 Å². The van der Waals surface area contributed by atoms with Gasteiger partial charge in [-0.05, 0) is 43.0 Å². The second-order valence-corrected chi connectivity index (χ2v) is 5.76. The molecule has 0 aromatic heterocycles. The molecule has 18 heavy (non-hydrogen) atoms. The van der Waals surface area contributed by atoms with Crippen molar-refractivity contribution in [3.05, 3.63) is 28.3 Å². The average Bonchev–Trinajstić information content (AvgIpc) is 2.87. The Labute approximate surface area is 112 Å². The highest BCUT2D eigenvalue weighted by atomic mass is 35.5. The largest absolute Gasteiger partial charge is 0.493 e. The van der Waals surface area contributed by atoms with E-state index in [-0.39, 0.29) is 11.6 Å². The van der Waals surface area contributed by atoms with Crippen molar-refractivity contribution < 1.29 is 9.47 Å². The third-order valence-electron chi connectivity index (χ3n) is 4.09. The number of fused-ring (bicyclic) bond motifs is 1. The molecule has 0 bridgehead atoms. The molecule has 2 heterocycles. The average molecular weight is 268 g/mol. The number of hydrogen-bond acceptors (Lipinski definition) is 3. The zero-order chi connectivity index (χ0) is 12.8. The molecule has 2 aliphatic heterocycles. The molecule has 1 saturated heterocycles. The predicted molar refractivity (Wildman–Crippen MR) is 71.3 cm³/mol. The van der Waals surface area contributed by atoms with Crippen LogP contribution in [0.25, 0.3) is 0 Å². The van der Waals surface area contributed by atoms with E-state index in [1.807, 2.05) is 19.1 Å². The Hall–Kier alpha value is -0.770. The topological polar surface area (TPSA) is 44.5 Å². The number of benzene rings is 1. The van der Waals surface area contributed by atoms with Crippen molar-refractivity contribution in [3.8, 4) is 5.75 Å². The van der Waals surface area contributed by atoms with Crippen LogP contribution in [0.5, 0.6) is 5.75 Å². The van der Waals surface area contributed by atoms with Gasteiger partial charge < -0.3 is 15.2 Å². The van der Waals surface area contributed by atoms with Gasteiger partial charge in [-0.1, -0.05) is 11.6 Å². The Bertz CT molecular complexity index is 477. The van der Waals surface area contributed by atoms with Crippen molar-refractivity contribution in [2.45, 2.75) is 37.8 Å². The van der Waals surface area contributed by atoms with Gasteiger partial charge in [0.2, 0.25) is 0 Å². The second-order valence-electron chi connectivity index (χ2n) is 5.32. The summed E-state index contributed by atoms with van der Waals surface area (Å²) in [5, 5.41) is 0.768. The molecular formula is C14H18ClNO2.